The predicted octanol–water partition coefficient (Wildman–Crippen LogP) is 1.59. The van der Waals surface area contributed by atoms with E-state index in [1.54, 1.807) is 12.1 Å². The van der Waals surface area contributed by atoms with Crippen molar-refractivity contribution in [2.24, 2.45) is 0 Å². The quantitative estimate of drug-likeness (QED) is 0.737. The minimum absolute atomic E-state index is 0.155. The van der Waals surface area contributed by atoms with Crippen LogP contribution in [0.3, 0.4) is 0 Å². The second-order valence-electron chi connectivity index (χ2n) is 3.35. The third-order valence-corrected chi connectivity index (χ3v) is 2.31. The standard InChI is InChI=1S/C11H11FN2O/c1-2-5-13-10-8-6-7(12)3-4-9(8)14-11(10)15/h2-4,6,10,13H,1,5H2,(H,14,15). The second kappa shape index (κ2) is 3.82. The molecule has 1 aliphatic heterocycles. The van der Waals surface area contributed by atoms with Crippen LogP contribution in [0, 0.1) is 5.82 Å². The molecule has 0 bridgehead atoms. The van der Waals surface area contributed by atoms with Crippen LogP contribution in [0.2, 0.25) is 0 Å². The molecule has 2 rings (SSSR count). The first kappa shape index (κ1) is 9.86. The highest BCUT2D eigenvalue weighted by Crippen LogP contribution is 2.30. The number of carbonyl (C=O) groups is 1. The molecule has 15 heavy (non-hydrogen) atoms. The number of benzene rings is 1. The molecule has 3 nitrogen and oxygen atoms in total. The van der Waals surface area contributed by atoms with Crippen LogP contribution in [0.15, 0.2) is 30.9 Å². The molecule has 0 fully saturated rings. The summed E-state index contributed by atoms with van der Waals surface area (Å²) in [6.45, 7) is 4.06. The highest BCUT2D eigenvalue weighted by molar-refractivity contribution is 6.02. The summed E-state index contributed by atoms with van der Waals surface area (Å²) in [5, 5.41) is 5.65. The van der Waals surface area contributed by atoms with Gasteiger partial charge in [0.15, 0.2) is 0 Å². The molecule has 0 spiro atoms. The molecule has 0 aromatic heterocycles. The van der Waals surface area contributed by atoms with Crippen LogP contribution in [0.25, 0.3) is 0 Å². The molecular formula is C11H11FN2O. The summed E-state index contributed by atoms with van der Waals surface area (Å²) in [4.78, 5) is 11.5. The van der Waals surface area contributed by atoms with E-state index in [2.05, 4.69) is 17.2 Å². The molecule has 1 aromatic rings. The van der Waals surface area contributed by atoms with E-state index in [-0.39, 0.29) is 11.7 Å². The minimum atomic E-state index is -0.478. The van der Waals surface area contributed by atoms with Gasteiger partial charge in [0.05, 0.1) is 0 Å². The molecule has 0 saturated heterocycles. The van der Waals surface area contributed by atoms with Gasteiger partial charge in [-0.25, -0.2) is 4.39 Å². The molecule has 1 aliphatic rings. The van der Waals surface area contributed by atoms with Crippen LogP contribution in [0.5, 0.6) is 0 Å². The van der Waals surface area contributed by atoms with Crippen molar-refractivity contribution in [1.29, 1.82) is 0 Å². The number of halogens is 1. The molecule has 1 aromatic carbocycles. The third kappa shape index (κ3) is 1.76. The lowest BCUT2D eigenvalue weighted by Crippen LogP contribution is -2.27. The van der Waals surface area contributed by atoms with E-state index in [4.69, 9.17) is 0 Å². The lowest BCUT2D eigenvalue weighted by atomic mass is 10.1. The van der Waals surface area contributed by atoms with Crippen molar-refractivity contribution < 1.29 is 9.18 Å². The Morgan fingerprint density at radius 1 is 1.60 bits per heavy atom. The zero-order valence-electron chi connectivity index (χ0n) is 8.09. The average molecular weight is 206 g/mol. The molecule has 1 atom stereocenters. The number of carbonyl (C=O) groups excluding carboxylic acids is 1. The number of fused-ring (bicyclic) bond motifs is 1. The van der Waals surface area contributed by atoms with Gasteiger partial charge in [-0.05, 0) is 18.2 Å². The number of hydrogen-bond acceptors (Lipinski definition) is 2. The maximum Gasteiger partial charge on any atom is 0.246 e. The molecule has 2 N–H and O–H groups in total. The van der Waals surface area contributed by atoms with Gasteiger partial charge in [-0.3, -0.25) is 10.1 Å². The van der Waals surface area contributed by atoms with E-state index in [1.165, 1.54) is 12.1 Å². The van der Waals surface area contributed by atoms with E-state index in [0.29, 0.717) is 17.8 Å². The van der Waals surface area contributed by atoms with Gasteiger partial charge in [0, 0.05) is 17.8 Å². The van der Waals surface area contributed by atoms with E-state index in [1.807, 2.05) is 0 Å². The highest BCUT2D eigenvalue weighted by atomic mass is 19.1. The molecule has 0 radical (unpaired) electrons. The number of rotatable bonds is 3. The van der Waals surface area contributed by atoms with Gasteiger partial charge < -0.3 is 5.32 Å². The third-order valence-electron chi connectivity index (χ3n) is 2.31. The lowest BCUT2D eigenvalue weighted by Gasteiger charge is -2.08. The summed E-state index contributed by atoms with van der Waals surface area (Å²) in [5.41, 5.74) is 1.32. The first-order valence-corrected chi connectivity index (χ1v) is 4.67. The number of nitrogens with one attached hydrogen (secondary N) is 2. The summed E-state index contributed by atoms with van der Waals surface area (Å²) in [7, 11) is 0. The maximum atomic E-state index is 13.0. The molecule has 1 amide bonds. The summed E-state index contributed by atoms with van der Waals surface area (Å²) in [5.74, 6) is -0.492. The lowest BCUT2D eigenvalue weighted by molar-refractivity contribution is -0.117. The van der Waals surface area contributed by atoms with Gasteiger partial charge in [0.25, 0.3) is 0 Å². The molecule has 0 aliphatic carbocycles. The molecule has 1 unspecified atom stereocenters. The van der Waals surface area contributed by atoms with E-state index >= 15 is 0 Å². The Bertz CT molecular complexity index is 417. The number of amides is 1. The number of hydrogen-bond donors (Lipinski definition) is 2. The first-order chi connectivity index (χ1) is 7.22. The van der Waals surface area contributed by atoms with E-state index in [0.717, 1.165) is 0 Å². The molecule has 4 heteroatoms. The van der Waals surface area contributed by atoms with Crippen molar-refractivity contribution in [1.82, 2.24) is 5.32 Å². The highest BCUT2D eigenvalue weighted by Gasteiger charge is 2.29. The van der Waals surface area contributed by atoms with Gasteiger partial charge in [-0.15, -0.1) is 6.58 Å². The van der Waals surface area contributed by atoms with Crippen LogP contribution in [0.1, 0.15) is 11.6 Å². The fourth-order valence-electron chi connectivity index (χ4n) is 1.64. The smallest absolute Gasteiger partial charge is 0.246 e. The van der Waals surface area contributed by atoms with E-state index in [9.17, 15) is 9.18 Å². The Morgan fingerprint density at radius 2 is 2.40 bits per heavy atom. The summed E-state index contributed by atoms with van der Waals surface area (Å²) in [6.07, 6.45) is 1.66. The Morgan fingerprint density at radius 3 is 3.13 bits per heavy atom. The Labute approximate surface area is 87.0 Å². The average Bonchev–Trinajstić information content (AvgIpc) is 2.51. The molecule has 1 heterocycles. The Hall–Kier alpha value is -1.68. The first-order valence-electron chi connectivity index (χ1n) is 4.67. The SMILES string of the molecule is C=CCNC1C(=O)Nc2ccc(F)cc21. The fraction of sp³-hybridized carbons (Fsp3) is 0.182. The second-order valence-corrected chi connectivity index (χ2v) is 3.35. The van der Waals surface area contributed by atoms with Gasteiger partial charge in [0.1, 0.15) is 11.9 Å². The van der Waals surface area contributed by atoms with Crippen molar-refractivity contribution in [3.05, 3.63) is 42.2 Å². The van der Waals surface area contributed by atoms with Crippen LogP contribution in [-0.4, -0.2) is 12.5 Å². The van der Waals surface area contributed by atoms with Gasteiger partial charge in [-0.1, -0.05) is 6.08 Å². The van der Waals surface area contributed by atoms with E-state index < -0.39 is 6.04 Å². The van der Waals surface area contributed by atoms with Crippen molar-refractivity contribution in [3.8, 4) is 0 Å². The predicted molar refractivity (Wildman–Crippen MR) is 56.0 cm³/mol. The Balaban J connectivity index is 2.30. The van der Waals surface area contributed by atoms with Crippen molar-refractivity contribution in [2.75, 3.05) is 11.9 Å². The largest absolute Gasteiger partial charge is 0.324 e. The molecule has 0 saturated carbocycles. The van der Waals surface area contributed by atoms with Crippen LogP contribution in [-0.2, 0) is 4.79 Å². The van der Waals surface area contributed by atoms with Crippen LogP contribution < -0.4 is 10.6 Å². The summed E-state index contributed by atoms with van der Waals surface area (Å²) >= 11 is 0. The summed E-state index contributed by atoms with van der Waals surface area (Å²) in [6, 6.07) is 3.79. The minimum Gasteiger partial charge on any atom is -0.324 e. The Kier molecular flexibility index (Phi) is 2.51. The number of anilines is 1. The fourth-order valence-corrected chi connectivity index (χ4v) is 1.64. The zero-order chi connectivity index (χ0) is 10.8. The topological polar surface area (TPSA) is 41.1 Å². The van der Waals surface area contributed by atoms with Gasteiger partial charge in [-0.2, -0.15) is 0 Å². The zero-order valence-corrected chi connectivity index (χ0v) is 8.09. The normalized spacial score (nSPS) is 18.5. The van der Waals surface area contributed by atoms with Crippen molar-refractivity contribution in [3.63, 3.8) is 0 Å². The summed E-state index contributed by atoms with van der Waals surface area (Å²) < 4.78 is 13.0. The van der Waals surface area contributed by atoms with Crippen molar-refractivity contribution >= 4 is 11.6 Å². The maximum absolute atomic E-state index is 13.0. The van der Waals surface area contributed by atoms with Crippen molar-refractivity contribution in [2.45, 2.75) is 6.04 Å². The monoisotopic (exact) mass is 206 g/mol. The van der Waals surface area contributed by atoms with Crippen LogP contribution >= 0.6 is 0 Å². The molecule has 78 valence electrons. The van der Waals surface area contributed by atoms with Gasteiger partial charge >= 0.3 is 0 Å². The molecular weight excluding hydrogens is 195 g/mol. The van der Waals surface area contributed by atoms with Gasteiger partial charge in [0.2, 0.25) is 5.91 Å². The van der Waals surface area contributed by atoms with Crippen LogP contribution in [0.4, 0.5) is 10.1 Å².